The zero-order valence-corrected chi connectivity index (χ0v) is 8.46. The lowest BCUT2D eigenvalue weighted by Gasteiger charge is -2.03. The molecule has 0 saturated heterocycles. The molecule has 0 radical (unpaired) electrons. The van der Waals surface area contributed by atoms with E-state index in [-0.39, 0.29) is 0 Å². The fourth-order valence-electron chi connectivity index (χ4n) is 1.41. The van der Waals surface area contributed by atoms with Gasteiger partial charge in [0.05, 0.1) is 0 Å². The normalized spacial score (nSPS) is 10.5. The summed E-state index contributed by atoms with van der Waals surface area (Å²) in [6.45, 7) is 2.18. The quantitative estimate of drug-likeness (QED) is 0.624. The van der Waals surface area contributed by atoms with Crippen molar-refractivity contribution in [1.82, 2.24) is 0 Å². The van der Waals surface area contributed by atoms with Crippen molar-refractivity contribution in [3.63, 3.8) is 0 Å². The van der Waals surface area contributed by atoms with Crippen molar-refractivity contribution >= 4 is 8.19 Å². The van der Waals surface area contributed by atoms with E-state index in [1.165, 1.54) is 24.6 Å². The third kappa shape index (κ3) is 1.79. The van der Waals surface area contributed by atoms with Crippen molar-refractivity contribution in [3.8, 4) is 11.1 Å². The molecule has 0 nitrogen and oxygen atoms in total. The summed E-state index contributed by atoms with van der Waals surface area (Å²) >= 11 is 0. The van der Waals surface area contributed by atoms with Gasteiger partial charge in [-0.2, -0.15) is 0 Å². The van der Waals surface area contributed by atoms with Gasteiger partial charge in [-0.25, -0.2) is 0 Å². The Morgan fingerprint density at radius 2 is 1.69 bits per heavy atom. The van der Waals surface area contributed by atoms with Crippen LogP contribution >= 0.6 is 8.19 Å². The monoisotopic (exact) mass is 186 g/mol. The molecule has 2 aromatic rings. The second kappa shape index (κ2) is 3.72. The van der Waals surface area contributed by atoms with E-state index in [1.807, 2.05) is 0 Å². The van der Waals surface area contributed by atoms with Crippen LogP contribution in [-0.4, -0.2) is 0 Å². The Hall–Kier alpha value is -1.13. The van der Waals surface area contributed by atoms with Crippen molar-refractivity contribution < 1.29 is 0 Å². The standard InChI is InChI=1S/C12H11P/c1-10-12(8-5-9-13-10)11-6-3-2-4-7-11/h2-9H,1H3. The van der Waals surface area contributed by atoms with Gasteiger partial charge in [0.25, 0.3) is 0 Å². The van der Waals surface area contributed by atoms with Gasteiger partial charge in [0.15, 0.2) is 0 Å². The van der Waals surface area contributed by atoms with Crippen LogP contribution in [-0.2, 0) is 0 Å². The molecule has 1 heterocycles. The van der Waals surface area contributed by atoms with Crippen molar-refractivity contribution in [1.29, 1.82) is 0 Å². The van der Waals surface area contributed by atoms with Crippen LogP contribution in [0.4, 0.5) is 0 Å². The summed E-state index contributed by atoms with van der Waals surface area (Å²) in [6.07, 6.45) is 0. The van der Waals surface area contributed by atoms with Gasteiger partial charge in [0.1, 0.15) is 0 Å². The smallest absolute Gasteiger partial charge is 0.0109 e. The Morgan fingerprint density at radius 1 is 0.923 bits per heavy atom. The summed E-state index contributed by atoms with van der Waals surface area (Å²) in [6, 6.07) is 14.8. The van der Waals surface area contributed by atoms with Crippen molar-refractivity contribution in [3.05, 3.63) is 53.6 Å². The first-order valence-electron chi connectivity index (χ1n) is 4.35. The van der Waals surface area contributed by atoms with E-state index < -0.39 is 0 Å². The van der Waals surface area contributed by atoms with Gasteiger partial charge in [0.2, 0.25) is 0 Å². The van der Waals surface area contributed by atoms with E-state index >= 15 is 0 Å². The molecular weight excluding hydrogens is 175 g/mol. The fourth-order valence-corrected chi connectivity index (χ4v) is 2.15. The summed E-state index contributed by atoms with van der Waals surface area (Å²) in [5.41, 5.74) is 2.68. The van der Waals surface area contributed by atoms with Crippen LogP contribution in [0.1, 0.15) is 5.30 Å². The minimum Gasteiger partial charge on any atom is -0.0726 e. The zero-order valence-electron chi connectivity index (χ0n) is 7.57. The molecule has 0 atom stereocenters. The Kier molecular flexibility index (Phi) is 2.42. The lowest BCUT2D eigenvalue weighted by Crippen LogP contribution is -1.77. The summed E-state index contributed by atoms with van der Waals surface area (Å²) in [7, 11) is 1.32. The summed E-state index contributed by atoms with van der Waals surface area (Å²) in [4.78, 5) is 0. The first-order chi connectivity index (χ1) is 6.38. The maximum atomic E-state index is 2.18. The molecule has 0 bridgehead atoms. The van der Waals surface area contributed by atoms with E-state index in [9.17, 15) is 0 Å². The summed E-state index contributed by atoms with van der Waals surface area (Å²) < 4.78 is 0. The van der Waals surface area contributed by atoms with E-state index in [4.69, 9.17) is 0 Å². The molecule has 2 rings (SSSR count). The average molecular weight is 186 g/mol. The number of hydrogen-bond donors (Lipinski definition) is 0. The minimum atomic E-state index is 1.32. The third-order valence-electron chi connectivity index (χ3n) is 2.09. The fraction of sp³-hybridized carbons (Fsp3) is 0.0833. The highest BCUT2D eigenvalue weighted by molar-refractivity contribution is 7.30. The molecule has 0 N–H and O–H groups in total. The van der Waals surface area contributed by atoms with Crippen LogP contribution in [0.15, 0.2) is 48.3 Å². The lowest BCUT2D eigenvalue weighted by molar-refractivity contribution is 1.56. The highest BCUT2D eigenvalue weighted by atomic mass is 31.0. The highest BCUT2D eigenvalue weighted by Gasteiger charge is 1.98. The van der Waals surface area contributed by atoms with Crippen LogP contribution in [0.25, 0.3) is 11.1 Å². The molecule has 0 aliphatic heterocycles. The maximum absolute atomic E-state index is 2.18. The van der Waals surface area contributed by atoms with Gasteiger partial charge in [-0.1, -0.05) is 50.7 Å². The Bertz CT molecular complexity index is 393. The molecule has 0 aliphatic carbocycles. The van der Waals surface area contributed by atoms with Crippen LogP contribution in [0, 0.1) is 6.92 Å². The van der Waals surface area contributed by atoms with Crippen LogP contribution in [0.2, 0.25) is 0 Å². The highest BCUT2D eigenvalue weighted by Crippen LogP contribution is 2.27. The molecule has 0 fully saturated rings. The summed E-state index contributed by atoms with van der Waals surface area (Å²) in [5.74, 6) is 2.17. The van der Waals surface area contributed by atoms with Crippen LogP contribution in [0.3, 0.4) is 0 Å². The molecule has 0 spiro atoms. The van der Waals surface area contributed by atoms with Gasteiger partial charge in [0, 0.05) is 0 Å². The number of hydrogen-bond acceptors (Lipinski definition) is 0. The van der Waals surface area contributed by atoms with Gasteiger partial charge < -0.3 is 0 Å². The van der Waals surface area contributed by atoms with Crippen molar-refractivity contribution in [2.45, 2.75) is 6.92 Å². The van der Waals surface area contributed by atoms with Gasteiger partial charge in [-0.3, -0.25) is 0 Å². The van der Waals surface area contributed by atoms with E-state index in [0.717, 1.165) is 0 Å². The minimum absolute atomic E-state index is 1.32. The van der Waals surface area contributed by atoms with Crippen molar-refractivity contribution in [2.75, 3.05) is 0 Å². The van der Waals surface area contributed by atoms with E-state index in [1.54, 1.807) is 0 Å². The zero-order chi connectivity index (χ0) is 9.10. The lowest BCUT2D eigenvalue weighted by atomic mass is 10.1. The maximum Gasteiger partial charge on any atom is -0.0109 e. The van der Waals surface area contributed by atoms with Crippen molar-refractivity contribution in [2.24, 2.45) is 0 Å². The molecule has 64 valence electrons. The number of rotatable bonds is 1. The second-order valence-corrected chi connectivity index (χ2v) is 4.23. The van der Waals surface area contributed by atoms with Gasteiger partial charge in [-0.15, -0.1) is 0 Å². The Morgan fingerprint density at radius 3 is 2.38 bits per heavy atom. The molecule has 1 aromatic carbocycles. The third-order valence-corrected chi connectivity index (χ3v) is 3.04. The summed E-state index contributed by atoms with van der Waals surface area (Å²) in [5, 5.41) is 1.42. The number of aryl methyl sites for hydroxylation is 1. The Labute approximate surface area is 80.4 Å². The number of benzene rings is 1. The first-order valence-corrected chi connectivity index (χ1v) is 5.31. The largest absolute Gasteiger partial charge is 0.0726 e. The molecule has 0 unspecified atom stereocenters. The molecule has 1 aromatic heterocycles. The van der Waals surface area contributed by atoms with E-state index in [2.05, 4.69) is 55.2 Å². The molecular formula is C12H11P. The molecule has 0 saturated carbocycles. The first kappa shape index (κ1) is 8.47. The van der Waals surface area contributed by atoms with Crippen LogP contribution < -0.4 is 0 Å². The predicted octanol–water partition coefficient (Wildman–Crippen LogP) is 4.24. The molecule has 13 heavy (non-hydrogen) atoms. The van der Waals surface area contributed by atoms with Gasteiger partial charge >= 0.3 is 0 Å². The van der Waals surface area contributed by atoms with Crippen LogP contribution in [0.5, 0.6) is 0 Å². The molecule has 0 aliphatic rings. The average Bonchev–Trinajstić information content (AvgIpc) is 2.20. The predicted molar refractivity (Wildman–Crippen MR) is 59.1 cm³/mol. The molecule has 0 amide bonds. The van der Waals surface area contributed by atoms with E-state index in [0.29, 0.717) is 0 Å². The topological polar surface area (TPSA) is 0 Å². The second-order valence-electron chi connectivity index (χ2n) is 3.00. The Balaban J connectivity index is 2.54. The molecule has 1 heteroatoms. The van der Waals surface area contributed by atoms with Gasteiger partial charge in [-0.05, 0) is 29.1 Å². The SMILES string of the molecule is Cc1pcccc1-c1ccccc1.